The summed E-state index contributed by atoms with van der Waals surface area (Å²) in [6.45, 7) is 5.02. The average molecular weight is 385 g/mol. The van der Waals surface area contributed by atoms with E-state index in [1.54, 1.807) is 0 Å². The lowest BCUT2D eigenvalue weighted by molar-refractivity contribution is 0.278. The minimum absolute atomic E-state index is 0.0506. The van der Waals surface area contributed by atoms with Crippen LogP contribution in [-0.2, 0) is 10.0 Å². The Labute approximate surface area is 133 Å². The lowest BCUT2D eigenvalue weighted by Crippen LogP contribution is -2.36. The van der Waals surface area contributed by atoms with Crippen LogP contribution in [0.25, 0.3) is 0 Å². The normalized spacial score (nSPS) is 12.3. The molecule has 0 radical (unpaired) electrons. The molecular weight excluding hydrogens is 366 g/mol. The van der Waals surface area contributed by atoms with Crippen molar-refractivity contribution in [3.8, 4) is 0 Å². The van der Waals surface area contributed by atoms with Crippen molar-refractivity contribution in [1.29, 1.82) is 0 Å². The highest BCUT2D eigenvalue weighted by Gasteiger charge is 2.20. The van der Waals surface area contributed by atoms with Crippen molar-refractivity contribution >= 4 is 43.2 Å². The summed E-state index contributed by atoms with van der Waals surface area (Å²) in [5.74, 6) is 0. The van der Waals surface area contributed by atoms with Gasteiger partial charge in [-0.1, -0.05) is 11.6 Å². The Morgan fingerprint density at radius 1 is 1.45 bits per heavy atom. The fraction of sp³-hybridized carbons (Fsp3) is 0.500. The first-order chi connectivity index (χ1) is 9.15. The van der Waals surface area contributed by atoms with E-state index in [9.17, 15) is 8.42 Å². The maximum absolute atomic E-state index is 12.2. The van der Waals surface area contributed by atoms with E-state index >= 15 is 0 Å². The molecule has 3 N–H and O–H groups in total. The van der Waals surface area contributed by atoms with Gasteiger partial charge in [-0.05, 0) is 49.0 Å². The second kappa shape index (κ2) is 7.09. The van der Waals surface area contributed by atoms with E-state index in [4.69, 9.17) is 17.3 Å². The van der Waals surface area contributed by atoms with E-state index in [0.29, 0.717) is 23.6 Å². The third-order valence-electron chi connectivity index (χ3n) is 2.96. The SMILES string of the molecule is CC(C)N(C)CCNS(=O)(=O)c1cc(Cl)cc(N)c1Br. The number of halogens is 2. The average Bonchev–Trinajstić information content (AvgIpc) is 2.33. The summed E-state index contributed by atoms with van der Waals surface area (Å²) in [4.78, 5) is 2.10. The first-order valence-electron chi connectivity index (χ1n) is 6.09. The van der Waals surface area contributed by atoms with Crippen LogP contribution in [-0.4, -0.2) is 39.5 Å². The highest BCUT2D eigenvalue weighted by atomic mass is 79.9. The van der Waals surface area contributed by atoms with E-state index < -0.39 is 10.0 Å². The molecule has 5 nitrogen and oxygen atoms in total. The molecule has 0 saturated carbocycles. The Bertz CT molecular complexity index is 578. The molecule has 8 heteroatoms. The molecule has 0 aliphatic carbocycles. The Hall–Kier alpha value is -0.340. The Balaban J connectivity index is 2.85. The maximum Gasteiger partial charge on any atom is 0.241 e. The number of nitrogens with two attached hydrogens (primary N) is 1. The van der Waals surface area contributed by atoms with Crippen LogP contribution in [0.5, 0.6) is 0 Å². The van der Waals surface area contributed by atoms with Gasteiger partial charge in [-0.2, -0.15) is 0 Å². The van der Waals surface area contributed by atoms with Crippen molar-refractivity contribution in [2.24, 2.45) is 0 Å². The molecule has 114 valence electrons. The summed E-state index contributed by atoms with van der Waals surface area (Å²) in [6.07, 6.45) is 0. The summed E-state index contributed by atoms with van der Waals surface area (Å²) in [6, 6.07) is 3.22. The standard InChI is InChI=1S/C12H19BrClN3O2S/c1-8(2)17(3)5-4-16-20(18,19)11-7-9(14)6-10(15)12(11)13/h6-8,16H,4-5,15H2,1-3H3. The van der Waals surface area contributed by atoms with Gasteiger partial charge in [0, 0.05) is 29.8 Å². The zero-order valence-corrected chi connectivity index (χ0v) is 14.8. The number of sulfonamides is 1. The molecule has 0 spiro atoms. The largest absolute Gasteiger partial charge is 0.398 e. The summed E-state index contributed by atoms with van der Waals surface area (Å²) < 4.78 is 27.3. The molecule has 0 atom stereocenters. The van der Waals surface area contributed by atoms with Gasteiger partial charge in [0.2, 0.25) is 10.0 Å². The quantitative estimate of drug-likeness (QED) is 0.738. The van der Waals surface area contributed by atoms with Gasteiger partial charge in [-0.3, -0.25) is 0 Å². The van der Waals surface area contributed by atoms with E-state index in [1.807, 2.05) is 25.8 Å². The Kier molecular flexibility index (Phi) is 6.27. The molecule has 1 aromatic carbocycles. The molecule has 0 heterocycles. The number of anilines is 1. The molecule has 0 fully saturated rings. The molecule has 0 unspecified atom stereocenters. The van der Waals surface area contributed by atoms with Gasteiger partial charge in [-0.15, -0.1) is 0 Å². The van der Waals surface area contributed by atoms with Gasteiger partial charge in [-0.25, -0.2) is 13.1 Å². The Morgan fingerprint density at radius 2 is 2.05 bits per heavy atom. The third kappa shape index (κ3) is 4.60. The minimum Gasteiger partial charge on any atom is -0.398 e. The monoisotopic (exact) mass is 383 g/mol. The summed E-state index contributed by atoms with van der Waals surface area (Å²) >= 11 is 9.03. The van der Waals surface area contributed by atoms with Crippen molar-refractivity contribution in [2.75, 3.05) is 25.9 Å². The maximum atomic E-state index is 12.2. The smallest absolute Gasteiger partial charge is 0.241 e. The van der Waals surface area contributed by atoms with Crippen molar-refractivity contribution in [3.05, 3.63) is 21.6 Å². The highest BCUT2D eigenvalue weighted by Crippen LogP contribution is 2.31. The molecular formula is C12H19BrClN3O2S. The number of nitrogens with one attached hydrogen (secondary N) is 1. The molecule has 1 rings (SSSR count). The van der Waals surface area contributed by atoms with Crippen molar-refractivity contribution in [1.82, 2.24) is 9.62 Å². The predicted molar refractivity (Wildman–Crippen MR) is 86.5 cm³/mol. The topological polar surface area (TPSA) is 75.4 Å². The second-order valence-electron chi connectivity index (χ2n) is 4.78. The van der Waals surface area contributed by atoms with Crippen LogP contribution in [0.15, 0.2) is 21.5 Å². The molecule has 0 aliphatic heterocycles. The van der Waals surface area contributed by atoms with Crippen LogP contribution in [0.1, 0.15) is 13.8 Å². The van der Waals surface area contributed by atoms with E-state index in [0.717, 1.165) is 0 Å². The van der Waals surface area contributed by atoms with Crippen molar-refractivity contribution in [2.45, 2.75) is 24.8 Å². The van der Waals surface area contributed by atoms with Crippen molar-refractivity contribution < 1.29 is 8.42 Å². The molecule has 0 bridgehead atoms. The second-order valence-corrected chi connectivity index (χ2v) is 7.74. The van der Waals surface area contributed by atoms with Gasteiger partial charge in [0.25, 0.3) is 0 Å². The third-order valence-corrected chi connectivity index (χ3v) is 5.81. The summed E-state index contributed by atoms with van der Waals surface area (Å²) in [7, 11) is -1.71. The fourth-order valence-corrected chi connectivity index (χ4v) is 3.78. The molecule has 0 amide bonds. The fourth-order valence-electron chi connectivity index (χ4n) is 1.47. The van der Waals surface area contributed by atoms with Crippen LogP contribution in [0, 0.1) is 0 Å². The molecule has 0 aliphatic rings. The number of nitrogen functional groups attached to an aromatic ring is 1. The molecule has 20 heavy (non-hydrogen) atoms. The molecule has 0 saturated heterocycles. The van der Waals surface area contributed by atoms with Crippen LogP contribution in [0.3, 0.4) is 0 Å². The number of rotatable bonds is 6. The van der Waals surface area contributed by atoms with Gasteiger partial charge in [0.15, 0.2) is 0 Å². The lowest BCUT2D eigenvalue weighted by atomic mass is 10.3. The summed E-state index contributed by atoms with van der Waals surface area (Å²) in [5.41, 5.74) is 5.99. The van der Waals surface area contributed by atoms with Crippen LogP contribution in [0.2, 0.25) is 5.02 Å². The lowest BCUT2D eigenvalue weighted by Gasteiger charge is -2.21. The van der Waals surface area contributed by atoms with Crippen LogP contribution in [0.4, 0.5) is 5.69 Å². The number of hydrogen-bond acceptors (Lipinski definition) is 4. The highest BCUT2D eigenvalue weighted by molar-refractivity contribution is 9.10. The zero-order chi connectivity index (χ0) is 15.5. The summed E-state index contributed by atoms with van der Waals surface area (Å²) in [5, 5.41) is 0.283. The molecule has 1 aromatic rings. The van der Waals surface area contributed by atoms with Crippen LogP contribution < -0.4 is 10.5 Å². The van der Waals surface area contributed by atoms with Crippen molar-refractivity contribution in [3.63, 3.8) is 0 Å². The van der Waals surface area contributed by atoms with Crippen LogP contribution >= 0.6 is 27.5 Å². The van der Waals surface area contributed by atoms with Gasteiger partial charge >= 0.3 is 0 Å². The zero-order valence-electron chi connectivity index (χ0n) is 11.7. The first kappa shape index (κ1) is 17.7. The number of hydrogen-bond donors (Lipinski definition) is 2. The van der Waals surface area contributed by atoms with Gasteiger partial charge < -0.3 is 10.6 Å². The van der Waals surface area contributed by atoms with E-state index in [-0.39, 0.29) is 15.6 Å². The van der Waals surface area contributed by atoms with Gasteiger partial charge in [0.1, 0.15) is 0 Å². The number of benzene rings is 1. The predicted octanol–water partition coefficient (Wildman–Crippen LogP) is 2.30. The minimum atomic E-state index is -3.65. The first-order valence-corrected chi connectivity index (χ1v) is 8.75. The Morgan fingerprint density at radius 3 is 2.60 bits per heavy atom. The number of likely N-dealkylation sites (N-methyl/N-ethyl adjacent to an activating group) is 1. The van der Waals surface area contributed by atoms with Gasteiger partial charge in [0.05, 0.1) is 9.37 Å². The molecule has 0 aromatic heterocycles. The van der Waals surface area contributed by atoms with E-state index in [1.165, 1.54) is 12.1 Å². The van der Waals surface area contributed by atoms with E-state index in [2.05, 4.69) is 20.7 Å². The number of nitrogens with zero attached hydrogens (tertiary/aromatic N) is 1.